The topological polar surface area (TPSA) is 77.8 Å². The lowest BCUT2D eigenvalue weighted by Crippen LogP contribution is -1.87. The van der Waals surface area contributed by atoms with Gasteiger partial charge in [-0.05, 0) is 40.2 Å². The van der Waals surface area contributed by atoms with Gasteiger partial charge in [-0.1, -0.05) is 16.8 Å². The van der Waals surface area contributed by atoms with Crippen LogP contribution < -0.4 is 5.73 Å². The molecule has 0 saturated heterocycles. The number of nitrogens with two attached hydrogens (primary N) is 1. The van der Waals surface area contributed by atoms with E-state index in [0.717, 1.165) is 10.0 Å². The molecule has 0 unspecified atom stereocenters. The number of aromatic nitrogens is 3. The third-order valence-electron chi connectivity index (χ3n) is 2.63. The lowest BCUT2D eigenvalue weighted by Gasteiger charge is -1.98. The van der Waals surface area contributed by atoms with Gasteiger partial charge in [-0.15, -0.1) is 0 Å². The number of nitrogens with zero attached hydrogens (tertiary/aromatic N) is 3. The minimum atomic E-state index is 0.378. The van der Waals surface area contributed by atoms with Crippen LogP contribution in [0.25, 0.3) is 22.8 Å². The first-order chi connectivity index (χ1) is 9.63. The summed E-state index contributed by atoms with van der Waals surface area (Å²) >= 11 is 9.23. The Hall–Kier alpha value is -1.92. The SMILES string of the molecule is Nc1cc(-c2nc(-c3cncc(Br)c3)no2)ccc1Cl. The van der Waals surface area contributed by atoms with Crippen LogP contribution in [0.1, 0.15) is 0 Å². The first-order valence-corrected chi connectivity index (χ1v) is 6.80. The number of hydrogen-bond donors (Lipinski definition) is 1. The van der Waals surface area contributed by atoms with Crippen LogP contribution in [0.4, 0.5) is 5.69 Å². The summed E-state index contributed by atoms with van der Waals surface area (Å²) in [5, 5.41) is 4.43. The quantitative estimate of drug-likeness (QED) is 0.711. The van der Waals surface area contributed by atoms with E-state index in [1.165, 1.54) is 0 Å². The van der Waals surface area contributed by atoms with Gasteiger partial charge in [0.05, 0.1) is 10.7 Å². The molecule has 20 heavy (non-hydrogen) atoms. The van der Waals surface area contributed by atoms with Crippen molar-refractivity contribution >= 4 is 33.2 Å². The molecule has 0 bridgehead atoms. The fourth-order valence-electron chi connectivity index (χ4n) is 1.67. The maximum absolute atomic E-state index is 5.88. The predicted molar refractivity (Wildman–Crippen MR) is 80.1 cm³/mol. The number of hydrogen-bond acceptors (Lipinski definition) is 5. The van der Waals surface area contributed by atoms with E-state index in [1.807, 2.05) is 6.07 Å². The molecule has 7 heteroatoms. The molecular formula is C13H8BrClN4O. The number of benzene rings is 1. The van der Waals surface area contributed by atoms with Crippen molar-refractivity contribution in [1.82, 2.24) is 15.1 Å². The van der Waals surface area contributed by atoms with Crippen LogP contribution in [-0.2, 0) is 0 Å². The zero-order chi connectivity index (χ0) is 14.1. The van der Waals surface area contributed by atoms with Gasteiger partial charge in [-0.3, -0.25) is 4.98 Å². The number of pyridine rings is 1. The molecule has 0 aliphatic rings. The summed E-state index contributed by atoms with van der Waals surface area (Å²) in [7, 11) is 0. The highest BCUT2D eigenvalue weighted by molar-refractivity contribution is 9.10. The van der Waals surface area contributed by atoms with E-state index in [1.54, 1.807) is 30.6 Å². The van der Waals surface area contributed by atoms with Crippen LogP contribution in [0.15, 0.2) is 45.7 Å². The highest BCUT2D eigenvalue weighted by Gasteiger charge is 2.12. The van der Waals surface area contributed by atoms with Crippen LogP contribution >= 0.6 is 27.5 Å². The van der Waals surface area contributed by atoms with E-state index < -0.39 is 0 Å². The van der Waals surface area contributed by atoms with Gasteiger partial charge >= 0.3 is 0 Å². The van der Waals surface area contributed by atoms with Gasteiger partial charge < -0.3 is 10.3 Å². The van der Waals surface area contributed by atoms with Crippen molar-refractivity contribution in [3.8, 4) is 22.8 Å². The van der Waals surface area contributed by atoms with E-state index in [4.69, 9.17) is 21.9 Å². The van der Waals surface area contributed by atoms with Gasteiger partial charge in [0.2, 0.25) is 5.82 Å². The van der Waals surface area contributed by atoms with Crippen molar-refractivity contribution in [3.05, 3.63) is 46.2 Å². The van der Waals surface area contributed by atoms with Crippen LogP contribution in [0.2, 0.25) is 5.02 Å². The second-order valence-electron chi connectivity index (χ2n) is 4.05. The van der Waals surface area contributed by atoms with Gasteiger partial charge in [-0.2, -0.15) is 4.98 Å². The van der Waals surface area contributed by atoms with E-state index in [-0.39, 0.29) is 0 Å². The van der Waals surface area contributed by atoms with Crippen molar-refractivity contribution in [2.45, 2.75) is 0 Å². The van der Waals surface area contributed by atoms with E-state index in [9.17, 15) is 0 Å². The van der Waals surface area contributed by atoms with Crippen molar-refractivity contribution < 1.29 is 4.52 Å². The molecule has 2 N–H and O–H groups in total. The maximum atomic E-state index is 5.88. The molecule has 0 amide bonds. The highest BCUT2D eigenvalue weighted by atomic mass is 79.9. The maximum Gasteiger partial charge on any atom is 0.258 e. The molecule has 1 aromatic carbocycles. The summed E-state index contributed by atoms with van der Waals surface area (Å²) in [4.78, 5) is 8.39. The van der Waals surface area contributed by atoms with Crippen LogP contribution in [0.3, 0.4) is 0 Å². The molecule has 0 atom stereocenters. The molecule has 0 aliphatic heterocycles. The molecule has 0 fully saturated rings. The highest BCUT2D eigenvalue weighted by Crippen LogP contribution is 2.27. The first-order valence-electron chi connectivity index (χ1n) is 5.63. The summed E-state index contributed by atoms with van der Waals surface area (Å²) in [5.41, 5.74) is 7.70. The molecular weight excluding hydrogens is 344 g/mol. The average molecular weight is 352 g/mol. The Morgan fingerprint density at radius 1 is 1.15 bits per heavy atom. The van der Waals surface area contributed by atoms with E-state index >= 15 is 0 Å². The van der Waals surface area contributed by atoms with Gasteiger partial charge in [0, 0.05) is 28.0 Å². The molecule has 0 saturated carbocycles. The lowest BCUT2D eigenvalue weighted by molar-refractivity contribution is 0.432. The van der Waals surface area contributed by atoms with Gasteiger partial charge in [0.1, 0.15) is 0 Å². The lowest BCUT2D eigenvalue weighted by atomic mass is 10.2. The Labute approximate surface area is 127 Å². The van der Waals surface area contributed by atoms with Gasteiger partial charge in [-0.25, -0.2) is 0 Å². The number of rotatable bonds is 2. The summed E-state index contributed by atoms with van der Waals surface area (Å²) in [6, 6.07) is 7.02. The van der Waals surface area contributed by atoms with Crippen LogP contribution in [0.5, 0.6) is 0 Å². The third kappa shape index (κ3) is 2.52. The zero-order valence-corrected chi connectivity index (χ0v) is 12.4. The number of halogens is 2. The van der Waals surface area contributed by atoms with Crippen molar-refractivity contribution in [2.24, 2.45) is 0 Å². The molecule has 3 aromatic rings. The van der Waals surface area contributed by atoms with Crippen LogP contribution in [0, 0.1) is 0 Å². The van der Waals surface area contributed by atoms with Gasteiger partial charge in [0.15, 0.2) is 0 Å². The summed E-state index contributed by atoms with van der Waals surface area (Å²) in [6.07, 6.45) is 3.35. The summed E-state index contributed by atoms with van der Waals surface area (Å²) in [5.74, 6) is 0.839. The Balaban J connectivity index is 1.99. The normalized spacial score (nSPS) is 10.7. The largest absolute Gasteiger partial charge is 0.398 e. The van der Waals surface area contributed by atoms with E-state index in [0.29, 0.717) is 28.0 Å². The minimum Gasteiger partial charge on any atom is -0.398 e. The molecule has 3 rings (SSSR count). The molecule has 100 valence electrons. The predicted octanol–water partition coefficient (Wildman–Crippen LogP) is 3.80. The first kappa shape index (κ1) is 13.1. The van der Waals surface area contributed by atoms with Crippen molar-refractivity contribution in [3.63, 3.8) is 0 Å². The zero-order valence-electron chi connectivity index (χ0n) is 10.0. The minimum absolute atomic E-state index is 0.378. The Bertz CT molecular complexity index is 775. The summed E-state index contributed by atoms with van der Waals surface area (Å²) in [6.45, 7) is 0. The number of anilines is 1. The Morgan fingerprint density at radius 3 is 2.75 bits per heavy atom. The molecule has 0 radical (unpaired) electrons. The molecule has 2 heterocycles. The second kappa shape index (κ2) is 5.22. The second-order valence-corrected chi connectivity index (χ2v) is 5.37. The molecule has 0 aliphatic carbocycles. The Kier molecular flexibility index (Phi) is 3.42. The fraction of sp³-hybridized carbons (Fsp3) is 0. The van der Waals surface area contributed by atoms with Crippen LogP contribution in [-0.4, -0.2) is 15.1 Å². The smallest absolute Gasteiger partial charge is 0.258 e. The van der Waals surface area contributed by atoms with Crippen molar-refractivity contribution in [2.75, 3.05) is 5.73 Å². The fourth-order valence-corrected chi connectivity index (χ4v) is 2.15. The average Bonchev–Trinajstić information content (AvgIpc) is 2.92. The Morgan fingerprint density at radius 2 is 2.00 bits per heavy atom. The van der Waals surface area contributed by atoms with Crippen molar-refractivity contribution in [1.29, 1.82) is 0 Å². The molecule has 5 nitrogen and oxygen atoms in total. The molecule has 0 spiro atoms. The molecule has 2 aromatic heterocycles. The van der Waals surface area contributed by atoms with E-state index in [2.05, 4.69) is 31.1 Å². The monoisotopic (exact) mass is 350 g/mol. The third-order valence-corrected chi connectivity index (χ3v) is 3.41. The standard InChI is InChI=1S/C13H8BrClN4O/c14-9-3-8(5-17-6-9)12-18-13(20-19-12)7-1-2-10(15)11(16)4-7/h1-6H,16H2. The summed E-state index contributed by atoms with van der Waals surface area (Å²) < 4.78 is 6.08. The number of nitrogen functional groups attached to an aromatic ring is 1. The van der Waals surface area contributed by atoms with Gasteiger partial charge in [0.25, 0.3) is 5.89 Å².